The monoisotopic (exact) mass is 592 g/mol. The Hall–Kier alpha value is -2.72. The Morgan fingerprint density at radius 1 is 0.605 bits per heavy atom. The topological polar surface area (TPSA) is 73.8 Å². The fourth-order valence-electron chi connectivity index (χ4n) is 6.15. The van der Waals surface area contributed by atoms with Crippen LogP contribution in [0.3, 0.4) is 0 Å². The molecule has 232 valence electrons. The van der Waals surface area contributed by atoms with Crippen molar-refractivity contribution >= 4 is 11.1 Å². The Morgan fingerprint density at radius 2 is 1.00 bits per heavy atom. The van der Waals surface area contributed by atoms with Crippen LogP contribution in [0.5, 0.6) is 11.5 Å². The van der Waals surface area contributed by atoms with Gasteiger partial charge in [0, 0.05) is 32.1 Å². The van der Waals surface area contributed by atoms with E-state index in [1.807, 2.05) is 48.5 Å². The molecule has 0 radical (unpaired) electrons. The maximum absolute atomic E-state index is 6.09. The van der Waals surface area contributed by atoms with E-state index in [-0.39, 0.29) is 12.2 Å². The molecule has 2 saturated heterocycles. The Balaban J connectivity index is 0.877. The molecule has 2 saturated carbocycles. The van der Waals surface area contributed by atoms with Crippen molar-refractivity contribution in [3.8, 4) is 11.5 Å². The summed E-state index contributed by atoms with van der Waals surface area (Å²) in [5, 5.41) is 0. The molecule has 2 aromatic rings. The maximum Gasteiger partial charge on any atom is 0.201 e. The molecule has 2 aromatic carbocycles. The summed E-state index contributed by atoms with van der Waals surface area (Å²) < 4.78 is 24.0. The lowest BCUT2D eigenvalue weighted by molar-refractivity contribution is -0.483. The Labute approximate surface area is 254 Å². The second-order valence-corrected chi connectivity index (χ2v) is 12.1. The molecule has 0 N–H and O–H groups in total. The van der Waals surface area contributed by atoms with Gasteiger partial charge in [-0.1, -0.05) is 50.3 Å². The molecule has 2 aliphatic heterocycles. The van der Waals surface area contributed by atoms with E-state index >= 15 is 0 Å². The van der Waals surface area contributed by atoms with Gasteiger partial charge in [0.15, 0.2) is 0 Å². The van der Waals surface area contributed by atoms with Crippen LogP contribution in [0.2, 0.25) is 0 Å². The van der Waals surface area contributed by atoms with Crippen molar-refractivity contribution in [1.82, 2.24) is 0 Å². The van der Waals surface area contributed by atoms with Crippen LogP contribution < -0.4 is 9.47 Å². The van der Waals surface area contributed by atoms with E-state index < -0.39 is 11.6 Å². The van der Waals surface area contributed by atoms with Crippen LogP contribution in [0.4, 0.5) is 0 Å². The summed E-state index contributed by atoms with van der Waals surface area (Å²) in [5.74, 6) is 0.460. The molecule has 4 aliphatic rings. The predicted octanol–water partition coefficient (Wildman–Crippen LogP) is 7.58. The van der Waals surface area contributed by atoms with Gasteiger partial charge in [0.2, 0.25) is 11.6 Å². The fraction of sp³-hybridized carbons (Fsp3) is 0.543. The van der Waals surface area contributed by atoms with E-state index in [9.17, 15) is 0 Å². The van der Waals surface area contributed by atoms with Gasteiger partial charge in [-0.2, -0.15) is 0 Å². The average molecular weight is 593 g/mol. The summed E-state index contributed by atoms with van der Waals surface area (Å²) in [7, 11) is 0. The minimum atomic E-state index is -0.566. The van der Waals surface area contributed by atoms with Gasteiger partial charge in [0.25, 0.3) is 0 Å². The molecule has 0 aromatic heterocycles. The second-order valence-electron chi connectivity index (χ2n) is 12.1. The summed E-state index contributed by atoms with van der Waals surface area (Å²) in [6, 6.07) is 15.7. The smallest absolute Gasteiger partial charge is 0.201 e. The highest BCUT2D eigenvalue weighted by atomic mass is 17.2. The second kappa shape index (κ2) is 13.9. The third-order valence-electron chi connectivity index (χ3n) is 8.91. The van der Waals surface area contributed by atoms with Crippen molar-refractivity contribution in [2.24, 2.45) is 0 Å². The van der Waals surface area contributed by atoms with E-state index in [0.717, 1.165) is 91.6 Å². The molecule has 43 heavy (non-hydrogen) atoms. The van der Waals surface area contributed by atoms with Gasteiger partial charge >= 0.3 is 0 Å². The Kier molecular flexibility index (Phi) is 9.82. The van der Waals surface area contributed by atoms with Gasteiger partial charge < -0.3 is 18.9 Å². The maximum atomic E-state index is 6.09. The van der Waals surface area contributed by atoms with Gasteiger partial charge in [-0.25, -0.2) is 19.6 Å². The minimum Gasteiger partial charge on any atom is -0.493 e. The van der Waals surface area contributed by atoms with Gasteiger partial charge in [-0.15, -0.1) is 0 Å². The summed E-state index contributed by atoms with van der Waals surface area (Å²) >= 11 is 0. The highest BCUT2D eigenvalue weighted by Crippen LogP contribution is 2.39. The molecule has 4 fully saturated rings. The van der Waals surface area contributed by atoms with E-state index in [0.29, 0.717) is 26.4 Å². The lowest BCUT2D eigenvalue weighted by Gasteiger charge is -2.41. The van der Waals surface area contributed by atoms with Crippen molar-refractivity contribution < 1.29 is 38.5 Å². The lowest BCUT2D eigenvalue weighted by Crippen LogP contribution is -2.46. The van der Waals surface area contributed by atoms with E-state index in [1.165, 1.54) is 12.8 Å². The SMILES string of the molecule is C=C(c1ccc(OCCCOc2ccc(C(=C)C3COC4(CCCCC4)OO3)cc2)cc1)C1COC2(CCCCC2)OO1. The summed E-state index contributed by atoms with van der Waals surface area (Å²) in [6.07, 6.45) is 10.5. The lowest BCUT2D eigenvalue weighted by atomic mass is 9.94. The number of hydrogen-bond acceptors (Lipinski definition) is 8. The summed E-state index contributed by atoms with van der Waals surface area (Å²) in [5.41, 5.74) is 3.62. The molecule has 0 amide bonds. The minimum absolute atomic E-state index is 0.319. The van der Waals surface area contributed by atoms with E-state index in [1.54, 1.807) is 0 Å². The third kappa shape index (κ3) is 7.51. The molecule has 8 nitrogen and oxygen atoms in total. The van der Waals surface area contributed by atoms with Crippen LogP contribution >= 0.6 is 0 Å². The summed E-state index contributed by atoms with van der Waals surface area (Å²) in [6.45, 7) is 10.4. The molecule has 2 heterocycles. The largest absolute Gasteiger partial charge is 0.493 e. The van der Waals surface area contributed by atoms with Gasteiger partial charge in [0.05, 0.1) is 26.4 Å². The zero-order chi connectivity index (χ0) is 29.5. The molecular weight excluding hydrogens is 548 g/mol. The molecule has 0 bridgehead atoms. The molecule has 8 heteroatoms. The zero-order valence-electron chi connectivity index (χ0n) is 25.1. The molecular formula is C35H44O8. The van der Waals surface area contributed by atoms with Crippen LogP contribution in [0, 0.1) is 0 Å². The third-order valence-corrected chi connectivity index (χ3v) is 8.91. The predicted molar refractivity (Wildman–Crippen MR) is 162 cm³/mol. The fourth-order valence-corrected chi connectivity index (χ4v) is 6.15. The number of ether oxygens (including phenoxy) is 4. The van der Waals surface area contributed by atoms with Gasteiger partial charge in [-0.05, 0) is 72.2 Å². The number of benzene rings is 2. The zero-order valence-corrected chi connectivity index (χ0v) is 25.1. The van der Waals surface area contributed by atoms with Crippen LogP contribution in [0.15, 0.2) is 61.7 Å². The van der Waals surface area contributed by atoms with Crippen molar-refractivity contribution in [1.29, 1.82) is 0 Å². The van der Waals surface area contributed by atoms with Crippen LogP contribution in [0.1, 0.15) is 81.8 Å². The normalized spacial score (nSPS) is 24.8. The van der Waals surface area contributed by atoms with Crippen molar-refractivity contribution in [3.63, 3.8) is 0 Å². The number of hydrogen-bond donors (Lipinski definition) is 0. The standard InChI is InChI=1S/C35H44O8/c1-26(32-24-38-34(42-40-32)18-5-3-6-19-34)28-10-14-30(15-11-28)36-22-9-23-37-31-16-12-29(13-17-31)27(2)33-25-39-35(43-41-33)20-7-4-8-21-35/h10-17,32-33H,1-9,18-25H2. The van der Waals surface area contributed by atoms with Crippen LogP contribution in [-0.4, -0.2) is 50.2 Å². The molecule has 2 aliphatic carbocycles. The van der Waals surface area contributed by atoms with Crippen LogP contribution in [0.25, 0.3) is 11.1 Å². The first kappa shape index (κ1) is 30.3. The molecule has 6 rings (SSSR count). The average Bonchev–Trinajstić information content (AvgIpc) is 3.06. The van der Waals surface area contributed by atoms with Crippen LogP contribution in [-0.2, 0) is 29.0 Å². The van der Waals surface area contributed by atoms with Crippen molar-refractivity contribution in [2.45, 2.75) is 94.4 Å². The molecule has 2 unspecified atom stereocenters. The number of rotatable bonds is 10. The van der Waals surface area contributed by atoms with Crippen molar-refractivity contribution in [3.05, 3.63) is 72.8 Å². The summed E-state index contributed by atoms with van der Waals surface area (Å²) in [4.78, 5) is 22.9. The Bertz CT molecular complexity index is 1100. The van der Waals surface area contributed by atoms with Crippen molar-refractivity contribution in [2.75, 3.05) is 26.4 Å². The first-order chi connectivity index (χ1) is 21.0. The van der Waals surface area contributed by atoms with E-state index in [4.69, 9.17) is 38.5 Å². The van der Waals surface area contributed by atoms with Gasteiger partial charge in [0.1, 0.15) is 23.7 Å². The van der Waals surface area contributed by atoms with E-state index in [2.05, 4.69) is 13.2 Å². The highest BCUT2D eigenvalue weighted by molar-refractivity contribution is 5.68. The molecule has 2 spiro atoms. The molecule has 2 atom stereocenters. The van der Waals surface area contributed by atoms with Gasteiger partial charge in [-0.3, -0.25) is 0 Å². The first-order valence-electron chi connectivity index (χ1n) is 15.8. The first-order valence-corrected chi connectivity index (χ1v) is 15.8. The highest BCUT2D eigenvalue weighted by Gasteiger charge is 2.42. The Morgan fingerprint density at radius 3 is 1.35 bits per heavy atom. The quantitative estimate of drug-likeness (QED) is 0.207.